The van der Waals surface area contributed by atoms with Gasteiger partial charge in [-0.15, -0.1) is 0 Å². The van der Waals surface area contributed by atoms with Crippen LogP contribution in [0.4, 0.5) is 0 Å². The largest absolute Gasteiger partial charge is 0.494 e. The summed E-state index contributed by atoms with van der Waals surface area (Å²) in [5.41, 5.74) is 2.55. The second kappa shape index (κ2) is 12.7. The zero-order chi connectivity index (χ0) is 24.5. The first-order valence-corrected chi connectivity index (χ1v) is 12.7. The molecule has 186 valence electrons. The van der Waals surface area contributed by atoms with Crippen molar-refractivity contribution in [3.63, 3.8) is 0 Å². The summed E-state index contributed by atoms with van der Waals surface area (Å²) in [6.07, 6.45) is 0.952. The van der Waals surface area contributed by atoms with Crippen LogP contribution in [-0.2, 0) is 17.8 Å². The highest BCUT2D eigenvalue weighted by Crippen LogP contribution is 2.20. The van der Waals surface area contributed by atoms with Gasteiger partial charge in [-0.25, -0.2) is 0 Å². The van der Waals surface area contributed by atoms with Crippen LogP contribution in [-0.4, -0.2) is 65.9 Å². The van der Waals surface area contributed by atoms with Gasteiger partial charge >= 0.3 is 0 Å². The first-order chi connectivity index (χ1) is 17.1. The Labute approximate surface area is 212 Å². The molecule has 35 heavy (non-hydrogen) atoms. The van der Waals surface area contributed by atoms with Crippen molar-refractivity contribution in [2.24, 2.45) is 0 Å². The van der Waals surface area contributed by atoms with Gasteiger partial charge in [0.15, 0.2) is 5.11 Å². The number of aromatic nitrogens is 1. The molecule has 0 bridgehead atoms. The zero-order valence-electron chi connectivity index (χ0n) is 20.3. The van der Waals surface area contributed by atoms with Gasteiger partial charge in [-0.1, -0.05) is 30.3 Å². The molecule has 0 radical (unpaired) electrons. The van der Waals surface area contributed by atoms with Crippen LogP contribution in [0.15, 0.2) is 59.4 Å². The molecular formula is C27H34N4O3S. The number of H-pyrrole nitrogens is 1. The lowest BCUT2D eigenvalue weighted by atomic mass is 10.1. The number of morpholine rings is 1. The first kappa shape index (κ1) is 25.2. The predicted octanol–water partition coefficient (Wildman–Crippen LogP) is 3.53. The van der Waals surface area contributed by atoms with Crippen molar-refractivity contribution < 1.29 is 9.47 Å². The van der Waals surface area contributed by atoms with E-state index in [0.29, 0.717) is 30.4 Å². The highest BCUT2D eigenvalue weighted by Gasteiger charge is 2.15. The van der Waals surface area contributed by atoms with E-state index in [0.717, 1.165) is 68.0 Å². The van der Waals surface area contributed by atoms with E-state index < -0.39 is 0 Å². The molecule has 0 atom stereocenters. The molecule has 1 aliphatic heterocycles. The van der Waals surface area contributed by atoms with Gasteiger partial charge in [0.25, 0.3) is 5.56 Å². The van der Waals surface area contributed by atoms with Gasteiger partial charge in [-0.2, -0.15) is 0 Å². The zero-order valence-corrected chi connectivity index (χ0v) is 21.1. The highest BCUT2D eigenvalue weighted by molar-refractivity contribution is 7.80. The summed E-state index contributed by atoms with van der Waals surface area (Å²) in [4.78, 5) is 20.4. The Hall–Kier alpha value is -2.94. The number of hydrogen-bond acceptors (Lipinski definition) is 5. The third-order valence-electron chi connectivity index (χ3n) is 6.14. The third-order valence-corrected chi connectivity index (χ3v) is 6.55. The summed E-state index contributed by atoms with van der Waals surface area (Å²) in [5, 5.41) is 4.98. The quantitative estimate of drug-likeness (QED) is 0.418. The second-order valence-electron chi connectivity index (χ2n) is 8.68. The van der Waals surface area contributed by atoms with Gasteiger partial charge in [0.1, 0.15) is 5.75 Å². The van der Waals surface area contributed by atoms with Gasteiger partial charge in [-0.05, 0) is 55.4 Å². The van der Waals surface area contributed by atoms with Gasteiger partial charge in [0.05, 0.1) is 26.4 Å². The minimum absolute atomic E-state index is 0.0919. The lowest BCUT2D eigenvalue weighted by Gasteiger charge is -2.29. The maximum absolute atomic E-state index is 12.9. The standard InChI is InChI=1S/C27H34N4O3S/c1-2-34-24-9-10-25-22(18-24)17-23(26(32)29-25)20-31(12-6-11-30-13-15-33-16-14-30)27(35)28-19-21-7-4-3-5-8-21/h3-5,7-10,17-18H,2,6,11-16,19-20H2,1H3,(H,28,35)(H,29,32). The molecule has 0 saturated carbocycles. The normalized spacial score (nSPS) is 14.1. The van der Waals surface area contributed by atoms with E-state index in [4.69, 9.17) is 21.7 Å². The van der Waals surface area contributed by atoms with Crippen molar-refractivity contribution in [3.05, 3.63) is 76.1 Å². The number of nitrogens with zero attached hydrogens (tertiary/aromatic N) is 2. The van der Waals surface area contributed by atoms with E-state index in [1.165, 1.54) is 0 Å². The van der Waals surface area contributed by atoms with Crippen LogP contribution in [0, 0.1) is 0 Å². The summed E-state index contributed by atoms with van der Waals surface area (Å²) < 4.78 is 11.1. The maximum Gasteiger partial charge on any atom is 0.253 e. The van der Waals surface area contributed by atoms with Crippen LogP contribution in [0.2, 0.25) is 0 Å². The number of ether oxygens (including phenoxy) is 2. The number of nitrogens with one attached hydrogen (secondary N) is 2. The van der Waals surface area contributed by atoms with Crippen LogP contribution in [0.3, 0.4) is 0 Å². The molecule has 8 heteroatoms. The Morgan fingerprint density at radius 2 is 1.97 bits per heavy atom. The van der Waals surface area contributed by atoms with Crippen molar-refractivity contribution in [1.29, 1.82) is 0 Å². The van der Waals surface area contributed by atoms with Crippen molar-refractivity contribution in [3.8, 4) is 5.75 Å². The molecule has 0 amide bonds. The number of rotatable bonds is 10. The maximum atomic E-state index is 12.9. The Kier molecular flexibility index (Phi) is 9.11. The molecule has 7 nitrogen and oxygen atoms in total. The molecule has 2 N–H and O–H groups in total. The molecule has 2 heterocycles. The smallest absolute Gasteiger partial charge is 0.253 e. The Bertz CT molecular complexity index is 1160. The molecule has 0 unspecified atom stereocenters. The minimum Gasteiger partial charge on any atom is -0.494 e. The van der Waals surface area contributed by atoms with Crippen LogP contribution in [0.1, 0.15) is 24.5 Å². The van der Waals surface area contributed by atoms with Crippen molar-refractivity contribution in [1.82, 2.24) is 20.1 Å². The molecule has 0 aliphatic carbocycles. The Balaban J connectivity index is 1.48. The van der Waals surface area contributed by atoms with Crippen LogP contribution in [0.5, 0.6) is 5.75 Å². The number of pyridine rings is 1. The number of benzene rings is 2. The fourth-order valence-corrected chi connectivity index (χ4v) is 4.49. The molecule has 1 aromatic heterocycles. The molecule has 1 fully saturated rings. The van der Waals surface area contributed by atoms with E-state index in [9.17, 15) is 4.79 Å². The van der Waals surface area contributed by atoms with Gasteiger partial charge in [-0.3, -0.25) is 9.69 Å². The van der Waals surface area contributed by atoms with Crippen molar-refractivity contribution in [2.75, 3.05) is 46.0 Å². The number of hydrogen-bond donors (Lipinski definition) is 2. The van der Waals surface area contributed by atoms with E-state index in [-0.39, 0.29) is 5.56 Å². The number of aromatic amines is 1. The molecular weight excluding hydrogens is 460 g/mol. The summed E-state index contributed by atoms with van der Waals surface area (Å²) in [6, 6.07) is 17.9. The van der Waals surface area contributed by atoms with Crippen LogP contribution < -0.4 is 15.6 Å². The van der Waals surface area contributed by atoms with Crippen LogP contribution in [0.25, 0.3) is 10.9 Å². The molecule has 0 spiro atoms. The van der Waals surface area contributed by atoms with Crippen LogP contribution >= 0.6 is 12.2 Å². The minimum atomic E-state index is -0.0919. The molecule has 4 rings (SSSR count). The summed E-state index contributed by atoms with van der Waals surface area (Å²) in [6.45, 7) is 8.88. The fraction of sp³-hybridized carbons (Fsp3) is 0.407. The van der Waals surface area contributed by atoms with Gasteiger partial charge < -0.3 is 24.7 Å². The van der Waals surface area contributed by atoms with Crippen molar-refractivity contribution >= 4 is 28.2 Å². The number of fused-ring (bicyclic) bond motifs is 1. The van der Waals surface area contributed by atoms with E-state index >= 15 is 0 Å². The fourth-order valence-electron chi connectivity index (χ4n) is 4.26. The van der Waals surface area contributed by atoms with E-state index in [1.54, 1.807) is 0 Å². The summed E-state index contributed by atoms with van der Waals surface area (Å²) in [5.74, 6) is 0.792. The summed E-state index contributed by atoms with van der Waals surface area (Å²) >= 11 is 5.79. The highest BCUT2D eigenvalue weighted by atomic mass is 32.1. The number of thiocarbonyl (C=S) groups is 1. The average molecular weight is 495 g/mol. The third kappa shape index (κ3) is 7.27. The van der Waals surface area contributed by atoms with Gasteiger partial charge in [0, 0.05) is 49.2 Å². The van der Waals surface area contributed by atoms with E-state index in [1.807, 2.05) is 49.4 Å². The summed E-state index contributed by atoms with van der Waals surface area (Å²) in [7, 11) is 0. The van der Waals surface area contributed by atoms with E-state index in [2.05, 4.69) is 32.2 Å². The van der Waals surface area contributed by atoms with Gasteiger partial charge in [0.2, 0.25) is 0 Å². The molecule has 1 aliphatic rings. The lowest BCUT2D eigenvalue weighted by Crippen LogP contribution is -2.42. The molecule has 2 aromatic carbocycles. The van der Waals surface area contributed by atoms with Crippen molar-refractivity contribution in [2.45, 2.75) is 26.4 Å². The monoisotopic (exact) mass is 494 g/mol. The topological polar surface area (TPSA) is 69.8 Å². The SMILES string of the molecule is CCOc1ccc2[nH]c(=O)c(CN(CCCN3CCOCC3)C(=S)NCc3ccccc3)cc2c1. The average Bonchev–Trinajstić information content (AvgIpc) is 2.88. The molecule has 3 aromatic rings. The Morgan fingerprint density at radius 3 is 2.74 bits per heavy atom. The second-order valence-corrected chi connectivity index (χ2v) is 9.07. The first-order valence-electron chi connectivity index (χ1n) is 12.3. The molecule has 1 saturated heterocycles. The predicted molar refractivity (Wildman–Crippen MR) is 144 cm³/mol. The Morgan fingerprint density at radius 1 is 1.17 bits per heavy atom. The lowest BCUT2D eigenvalue weighted by molar-refractivity contribution is 0.0367.